The number of nitrogens with zero attached hydrogens (tertiary/aromatic N) is 3. The third-order valence-electron chi connectivity index (χ3n) is 4.26. The highest BCUT2D eigenvalue weighted by molar-refractivity contribution is 5.78. The molecule has 1 aliphatic rings. The molecule has 2 heterocycles. The number of rotatable bonds is 4. The van der Waals surface area contributed by atoms with E-state index in [1.807, 2.05) is 47.7 Å². The summed E-state index contributed by atoms with van der Waals surface area (Å²) in [5, 5.41) is 4.54. The van der Waals surface area contributed by atoms with E-state index >= 15 is 0 Å². The molecular formula is C18H23N3O2. The molecule has 1 amide bonds. The Balaban J connectivity index is 1.56. The Morgan fingerprint density at radius 2 is 2.13 bits per heavy atom. The van der Waals surface area contributed by atoms with Gasteiger partial charge in [0, 0.05) is 18.8 Å². The molecule has 1 aromatic carbocycles. The van der Waals surface area contributed by atoms with Crippen LogP contribution in [0.1, 0.15) is 29.4 Å². The van der Waals surface area contributed by atoms with Crippen LogP contribution in [0.3, 0.4) is 0 Å². The van der Waals surface area contributed by atoms with Gasteiger partial charge in [0.1, 0.15) is 5.75 Å². The molecule has 0 unspecified atom stereocenters. The summed E-state index contributed by atoms with van der Waals surface area (Å²) in [5.74, 6) is 0.781. The van der Waals surface area contributed by atoms with Crippen molar-refractivity contribution < 1.29 is 9.53 Å². The van der Waals surface area contributed by atoms with E-state index in [9.17, 15) is 4.79 Å². The van der Waals surface area contributed by atoms with E-state index in [-0.39, 0.29) is 18.6 Å². The van der Waals surface area contributed by atoms with Crippen molar-refractivity contribution in [2.75, 3.05) is 19.7 Å². The molecule has 2 aromatic rings. The van der Waals surface area contributed by atoms with Gasteiger partial charge in [0.05, 0.1) is 11.7 Å². The minimum absolute atomic E-state index is 0.0375. The van der Waals surface area contributed by atoms with Crippen LogP contribution in [0.2, 0.25) is 0 Å². The standard InChI is InChI=1S/C18H23N3O2/c1-13-5-4-6-17(9-13)23-12-18(22)20-8-7-16(11-20)21-15(3)10-14(2)19-21/h4-6,9-10,16H,7-8,11-12H2,1-3H3/t16-/m1/s1. The number of hydrogen-bond donors (Lipinski definition) is 0. The maximum Gasteiger partial charge on any atom is 0.260 e. The number of carbonyl (C=O) groups excluding carboxylic acids is 1. The SMILES string of the molecule is Cc1cccc(OCC(=O)N2CC[C@@H](n3nc(C)cc3C)C2)c1. The Bertz CT molecular complexity index is 708. The molecule has 1 fully saturated rings. The second-order valence-corrected chi connectivity index (χ2v) is 6.26. The maximum atomic E-state index is 12.3. The molecule has 0 N–H and O–H groups in total. The Hall–Kier alpha value is -2.30. The molecule has 3 rings (SSSR count). The molecule has 5 nitrogen and oxygen atoms in total. The summed E-state index contributed by atoms with van der Waals surface area (Å²) in [4.78, 5) is 14.2. The first-order valence-corrected chi connectivity index (χ1v) is 8.03. The minimum Gasteiger partial charge on any atom is -0.484 e. The average molecular weight is 313 g/mol. The second kappa shape index (κ2) is 6.44. The molecule has 0 bridgehead atoms. The third-order valence-corrected chi connectivity index (χ3v) is 4.26. The topological polar surface area (TPSA) is 47.4 Å². The zero-order chi connectivity index (χ0) is 16.4. The van der Waals surface area contributed by atoms with Crippen molar-refractivity contribution in [2.24, 2.45) is 0 Å². The summed E-state index contributed by atoms with van der Waals surface area (Å²) in [5.41, 5.74) is 3.30. The lowest BCUT2D eigenvalue weighted by molar-refractivity contribution is -0.132. The molecule has 5 heteroatoms. The van der Waals surface area contributed by atoms with E-state index in [2.05, 4.69) is 18.1 Å². The van der Waals surface area contributed by atoms with Gasteiger partial charge in [-0.25, -0.2) is 0 Å². The predicted molar refractivity (Wildman–Crippen MR) is 88.6 cm³/mol. The van der Waals surface area contributed by atoms with E-state index in [1.165, 1.54) is 0 Å². The molecule has 1 aromatic heterocycles. The number of benzene rings is 1. The van der Waals surface area contributed by atoms with Crippen LogP contribution >= 0.6 is 0 Å². The highest BCUT2D eigenvalue weighted by Crippen LogP contribution is 2.23. The van der Waals surface area contributed by atoms with Gasteiger partial charge in [-0.1, -0.05) is 12.1 Å². The number of ether oxygens (including phenoxy) is 1. The fourth-order valence-corrected chi connectivity index (χ4v) is 3.13. The van der Waals surface area contributed by atoms with Crippen LogP contribution in [0.4, 0.5) is 0 Å². The van der Waals surface area contributed by atoms with Crippen LogP contribution in [0.25, 0.3) is 0 Å². The zero-order valence-corrected chi connectivity index (χ0v) is 14.0. The normalized spacial score (nSPS) is 17.5. The van der Waals surface area contributed by atoms with Gasteiger partial charge in [-0.05, 0) is 51.0 Å². The van der Waals surface area contributed by atoms with Crippen LogP contribution in [0.5, 0.6) is 5.75 Å². The van der Waals surface area contributed by atoms with Crippen LogP contribution in [-0.4, -0.2) is 40.3 Å². The number of carbonyl (C=O) groups is 1. The van der Waals surface area contributed by atoms with Crippen molar-refractivity contribution in [3.05, 3.63) is 47.3 Å². The van der Waals surface area contributed by atoms with Crippen molar-refractivity contribution in [3.63, 3.8) is 0 Å². The minimum atomic E-state index is 0.0375. The van der Waals surface area contributed by atoms with Crippen molar-refractivity contribution >= 4 is 5.91 Å². The first-order valence-electron chi connectivity index (χ1n) is 8.03. The largest absolute Gasteiger partial charge is 0.484 e. The maximum absolute atomic E-state index is 12.3. The number of likely N-dealkylation sites (tertiary alicyclic amines) is 1. The van der Waals surface area contributed by atoms with Gasteiger partial charge in [0.2, 0.25) is 0 Å². The van der Waals surface area contributed by atoms with Gasteiger partial charge >= 0.3 is 0 Å². The molecule has 0 spiro atoms. The highest BCUT2D eigenvalue weighted by Gasteiger charge is 2.28. The second-order valence-electron chi connectivity index (χ2n) is 6.26. The van der Waals surface area contributed by atoms with Gasteiger partial charge in [0.25, 0.3) is 5.91 Å². The fraction of sp³-hybridized carbons (Fsp3) is 0.444. The summed E-state index contributed by atoms with van der Waals surface area (Å²) < 4.78 is 7.66. The number of hydrogen-bond acceptors (Lipinski definition) is 3. The predicted octanol–water partition coefficient (Wildman–Crippen LogP) is 2.66. The van der Waals surface area contributed by atoms with Gasteiger partial charge in [-0.15, -0.1) is 0 Å². The molecule has 0 aliphatic carbocycles. The summed E-state index contributed by atoms with van der Waals surface area (Å²) in [7, 11) is 0. The number of amides is 1. The summed E-state index contributed by atoms with van der Waals surface area (Å²) in [6.45, 7) is 7.63. The lowest BCUT2D eigenvalue weighted by atomic mass is 10.2. The molecule has 1 saturated heterocycles. The van der Waals surface area contributed by atoms with Crippen molar-refractivity contribution in [1.82, 2.24) is 14.7 Å². The monoisotopic (exact) mass is 313 g/mol. The van der Waals surface area contributed by atoms with Gasteiger partial charge in [0.15, 0.2) is 6.61 Å². The molecular weight excluding hydrogens is 290 g/mol. The van der Waals surface area contributed by atoms with Crippen LogP contribution in [-0.2, 0) is 4.79 Å². The fourth-order valence-electron chi connectivity index (χ4n) is 3.13. The molecule has 0 radical (unpaired) electrons. The molecule has 23 heavy (non-hydrogen) atoms. The number of aryl methyl sites for hydroxylation is 3. The van der Waals surface area contributed by atoms with E-state index < -0.39 is 0 Å². The summed E-state index contributed by atoms with van der Waals surface area (Å²) in [6.07, 6.45) is 0.943. The summed E-state index contributed by atoms with van der Waals surface area (Å²) >= 11 is 0. The Labute approximate surface area is 136 Å². The summed E-state index contributed by atoms with van der Waals surface area (Å²) in [6, 6.07) is 10.1. The zero-order valence-electron chi connectivity index (χ0n) is 14.0. The van der Waals surface area contributed by atoms with Gasteiger partial charge in [-0.2, -0.15) is 5.10 Å². The molecule has 0 saturated carbocycles. The lowest BCUT2D eigenvalue weighted by Crippen LogP contribution is -2.33. The van der Waals surface area contributed by atoms with E-state index in [1.54, 1.807) is 0 Å². The van der Waals surface area contributed by atoms with Crippen molar-refractivity contribution in [2.45, 2.75) is 33.2 Å². The first-order chi connectivity index (χ1) is 11.0. The Morgan fingerprint density at radius 3 is 2.83 bits per heavy atom. The third kappa shape index (κ3) is 3.55. The molecule has 1 atom stereocenters. The van der Waals surface area contributed by atoms with Crippen LogP contribution < -0.4 is 4.74 Å². The van der Waals surface area contributed by atoms with Crippen molar-refractivity contribution in [3.8, 4) is 5.75 Å². The molecule has 1 aliphatic heterocycles. The van der Waals surface area contributed by atoms with E-state index in [0.29, 0.717) is 6.54 Å². The highest BCUT2D eigenvalue weighted by atomic mass is 16.5. The Kier molecular flexibility index (Phi) is 4.37. The number of aromatic nitrogens is 2. The van der Waals surface area contributed by atoms with E-state index in [4.69, 9.17) is 4.74 Å². The lowest BCUT2D eigenvalue weighted by Gasteiger charge is -2.17. The molecule has 122 valence electrons. The Morgan fingerprint density at radius 1 is 1.30 bits per heavy atom. The van der Waals surface area contributed by atoms with E-state index in [0.717, 1.165) is 35.7 Å². The quantitative estimate of drug-likeness (QED) is 0.872. The van der Waals surface area contributed by atoms with Crippen LogP contribution in [0, 0.1) is 20.8 Å². The van der Waals surface area contributed by atoms with Crippen LogP contribution in [0.15, 0.2) is 30.3 Å². The van der Waals surface area contributed by atoms with Gasteiger partial charge < -0.3 is 9.64 Å². The average Bonchev–Trinajstić information content (AvgIpc) is 3.11. The smallest absolute Gasteiger partial charge is 0.260 e. The van der Waals surface area contributed by atoms with Gasteiger partial charge in [-0.3, -0.25) is 9.48 Å². The first kappa shape index (κ1) is 15.6. The van der Waals surface area contributed by atoms with Crippen molar-refractivity contribution in [1.29, 1.82) is 0 Å².